The number of hydrogen-bond donors (Lipinski definition) is 1. The lowest BCUT2D eigenvalue weighted by molar-refractivity contribution is 0.0952. The molecule has 2 rings (SSSR count). The number of rotatable bonds is 7. The second-order valence-corrected chi connectivity index (χ2v) is 5.68. The first kappa shape index (κ1) is 16.1. The largest absolute Gasteiger partial charge is 0.352 e. The first-order valence-corrected chi connectivity index (χ1v) is 7.81. The van der Waals surface area contributed by atoms with Gasteiger partial charge in [-0.15, -0.1) is 0 Å². The van der Waals surface area contributed by atoms with E-state index in [2.05, 4.69) is 39.6 Å². The summed E-state index contributed by atoms with van der Waals surface area (Å²) < 4.78 is 0. The number of nitrogens with one attached hydrogen (secondary N) is 1. The Bertz CT molecular complexity index is 579. The molecule has 0 bridgehead atoms. The lowest BCUT2D eigenvalue weighted by Crippen LogP contribution is -2.25. The number of carbonyl (C=O) groups excluding carboxylic acids is 1. The predicted molar refractivity (Wildman–Crippen MR) is 87.8 cm³/mol. The van der Waals surface area contributed by atoms with E-state index in [0.717, 1.165) is 25.1 Å². The number of carbonyl (C=O) groups is 1. The molecule has 0 saturated heterocycles. The van der Waals surface area contributed by atoms with Gasteiger partial charge in [0, 0.05) is 24.9 Å². The van der Waals surface area contributed by atoms with E-state index in [1.54, 1.807) is 12.4 Å². The highest BCUT2D eigenvalue weighted by Gasteiger charge is 2.08. The molecule has 4 nitrogen and oxygen atoms in total. The molecule has 0 aliphatic heterocycles. The Morgan fingerprint density at radius 2 is 1.77 bits per heavy atom. The number of hydrogen-bond acceptors (Lipinski definition) is 3. The molecule has 1 N–H and O–H groups in total. The van der Waals surface area contributed by atoms with Crippen LogP contribution in [-0.4, -0.2) is 22.4 Å². The molecular weight excluding hydrogens is 274 g/mol. The van der Waals surface area contributed by atoms with Crippen LogP contribution >= 0.6 is 0 Å². The van der Waals surface area contributed by atoms with Gasteiger partial charge in [-0.25, -0.2) is 9.97 Å². The first-order chi connectivity index (χ1) is 10.7. The molecule has 1 aromatic carbocycles. The van der Waals surface area contributed by atoms with Crippen molar-refractivity contribution in [2.75, 3.05) is 6.54 Å². The maximum atomic E-state index is 12.0. The van der Waals surface area contributed by atoms with Gasteiger partial charge in [0.05, 0.1) is 5.56 Å². The van der Waals surface area contributed by atoms with Crippen LogP contribution in [0, 0.1) is 0 Å². The summed E-state index contributed by atoms with van der Waals surface area (Å²) in [5, 5.41) is 2.91. The van der Waals surface area contributed by atoms with E-state index in [1.165, 1.54) is 5.56 Å². The van der Waals surface area contributed by atoms with Gasteiger partial charge in [-0.1, -0.05) is 44.2 Å². The number of unbranched alkanes of at least 4 members (excludes halogenated alkanes) is 1. The van der Waals surface area contributed by atoms with Crippen molar-refractivity contribution in [1.82, 2.24) is 15.3 Å². The molecule has 116 valence electrons. The van der Waals surface area contributed by atoms with E-state index in [0.29, 0.717) is 12.1 Å². The first-order valence-electron chi connectivity index (χ1n) is 7.81. The zero-order valence-electron chi connectivity index (χ0n) is 13.2. The minimum Gasteiger partial charge on any atom is -0.352 e. The lowest BCUT2D eigenvalue weighted by Gasteiger charge is -2.06. The molecular formula is C18H23N3O. The zero-order chi connectivity index (χ0) is 15.8. The van der Waals surface area contributed by atoms with Gasteiger partial charge in [-0.05, 0) is 24.8 Å². The van der Waals surface area contributed by atoms with E-state index >= 15 is 0 Å². The molecule has 1 amide bonds. The third kappa shape index (κ3) is 4.95. The van der Waals surface area contributed by atoms with Crippen molar-refractivity contribution in [3.63, 3.8) is 0 Å². The van der Waals surface area contributed by atoms with E-state index in [9.17, 15) is 4.79 Å². The van der Waals surface area contributed by atoms with Crippen molar-refractivity contribution in [1.29, 1.82) is 0 Å². The van der Waals surface area contributed by atoms with Gasteiger partial charge in [0.2, 0.25) is 0 Å². The summed E-state index contributed by atoms with van der Waals surface area (Å²) in [6, 6.07) is 10.4. The Kier molecular flexibility index (Phi) is 6.07. The third-order valence-corrected chi connectivity index (χ3v) is 3.47. The van der Waals surface area contributed by atoms with Crippen LogP contribution in [0.5, 0.6) is 0 Å². The van der Waals surface area contributed by atoms with Crippen molar-refractivity contribution >= 4 is 5.91 Å². The molecule has 0 aliphatic rings. The smallest absolute Gasteiger partial charge is 0.254 e. The third-order valence-electron chi connectivity index (χ3n) is 3.47. The molecule has 0 atom stereocenters. The van der Waals surface area contributed by atoms with Crippen LogP contribution in [0.3, 0.4) is 0 Å². The Morgan fingerprint density at radius 3 is 2.41 bits per heavy atom. The summed E-state index contributed by atoms with van der Waals surface area (Å²) >= 11 is 0. The molecule has 22 heavy (non-hydrogen) atoms. The fraction of sp³-hybridized carbons (Fsp3) is 0.389. The molecule has 0 unspecified atom stereocenters. The molecule has 1 aromatic heterocycles. The molecule has 0 radical (unpaired) electrons. The molecule has 1 heterocycles. The summed E-state index contributed by atoms with van der Waals surface area (Å²) in [4.78, 5) is 20.4. The normalized spacial score (nSPS) is 10.7. The van der Waals surface area contributed by atoms with Crippen LogP contribution in [0.15, 0.2) is 42.7 Å². The highest BCUT2D eigenvalue weighted by molar-refractivity contribution is 5.93. The van der Waals surface area contributed by atoms with Gasteiger partial charge in [0.25, 0.3) is 5.91 Å². The van der Waals surface area contributed by atoms with Gasteiger partial charge in [-0.3, -0.25) is 4.79 Å². The standard InChI is InChI=1S/C18H23N3O/c1-14(2)17-20-12-16(13-21-17)18(22)19-11-7-6-10-15-8-4-3-5-9-15/h3-5,8-9,12-14H,6-7,10-11H2,1-2H3,(H,19,22). The highest BCUT2D eigenvalue weighted by atomic mass is 16.1. The Morgan fingerprint density at radius 1 is 1.09 bits per heavy atom. The number of benzene rings is 1. The second-order valence-electron chi connectivity index (χ2n) is 5.68. The molecule has 0 saturated carbocycles. The summed E-state index contributed by atoms with van der Waals surface area (Å²) in [6.07, 6.45) is 6.27. The number of aromatic nitrogens is 2. The van der Waals surface area contributed by atoms with E-state index < -0.39 is 0 Å². The number of nitrogens with zero attached hydrogens (tertiary/aromatic N) is 2. The quantitative estimate of drug-likeness (QED) is 0.797. The topological polar surface area (TPSA) is 54.9 Å². The monoisotopic (exact) mass is 297 g/mol. The molecule has 0 fully saturated rings. The van der Waals surface area contributed by atoms with Crippen LogP contribution in [0.2, 0.25) is 0 Å². The van der Waals surface area contributed by atoms with E-state index in [1.807, 2.05) is 19.9 Å². The Hall–Kier alpha value is -2.23. The van der Waals surface area contributed by atoms with Crippen LogP contribution in [0.25, 0.3) is 0 Å². The van der Waals surface area contributed by atoms with Gasteiger partial charge in [0.1, 0.15) is 5.82 Å². The fourth-order valence-electron chi connectivity index (χ4n) is 2.16. The van der Waals surface area contributed by atoms with Crippen molar-refractivity contribution in [3.05, 3.63) is 59.7 Å². The summed E-state index contributed by atoms with van der Waals surface area (Å²) in [5.74, 6) is 0.935. The Balaban J connectivity index is 1.69. The average molecular weight is 297 g/mol. The minimum atomic E-state index is -0.102. The minimum absolute atomic E-state index is 0.102. The van der Waals surface area contributed by atoms with Crippen molar-refractivity contribution in [2.45, 2.75) is 39.0 Å². The van der Waals surface area contributed by atoms with Gasteiger partial charge in [-0.2, -0.15) is 0 Å². The van der Waals surface area contributed by atoms with Gasteiger partial charge >= 0.3 is 0 Å². The van der Waals surface area contributed by atoms with Crippen LogP contribution in [-0.2, 0) is 6.42 Å². The zero-order valence-corrected chi connectivity index (χ0v) is 13.2. The number of aryl methyl sites for hydroxylation is 1. The van der Waals surface area contributed by atoms with E-state index in [-0.39, 0.29) is 11.8 Å². The number of amides is 1. The summed E-state index contributed by atoms with van der Waals surface area (Å²) in [5.41, 5.74) is 1.86. The molecule has 0 spiro atoms. The average Bonchev–Trinajstić information content (AvgIpc) is 2.55. The highest BCUT2D eigenvalue weighted by Crippen LogP contribution is 2.08. The van der Waals surface area contributed by atoms with Crippen molar-refractivity contribution < 1.29 is 4.79 Å². The summed E-state index contributed by atoms with van der Waals surface area (Å²) in [7, 11) is 0. The fourth-order valence-corrected chi connectivity index (χ4v) is 2.16. The summed E-state index contributed by atoms with van der Waals surface area (Å²) in [6.45, 7) is 4.74. The lowest BCUT2D eigenvalue weighted by atomic mass is 10.1. The molecule has 2 aromatic rings. The van der Waals surface area contributed by atoms with Crippen molar-refractivity contribution in [2.24, 2.45) is 0 Å². The van der Waals surface area contributed by atoms with E-state index in [4.69, 9.17) is 0 Å². The van der Waals surface area contributed by atoms with Gasteiger partial charge in [0.15, 0.2) is 0 Å². The maximum absolute atomic E-state index is 12.0. The predicted octanol–water partition coefficient (Wildman–Crippen LogP) is 3.35. The van der Waals surface area contributed by atoms with Crippen LogP contribution in [0.4, 0.5) is 0 Å². The van der Waals surface area contributed by atoms with Crippen molar-refractivity contribution in [3.8, 4) is 0 Å². The van der Waals surface area contributed by atoms with Crippen LogP contribution < -0.4 is 5.32 Å². The maximum Gasteiger partial charge on any atom is 0.254 e. The molecule has 0 aliphatic carbocycles. The van der Waals surface area contributed by atoms with Crippen LogP contribution in [0.1, 0.15) is 54.4 Å². The SMILES string of the molecule is CC(C)c1ncc(C(=O)NCCCCc2ccccc2)cn1. The molecule has 4 heteroatoms. The second kappa shape index (κ2) is 8.27. The Labute approximate surface area is 132 Å². The van der Waals surface area contributed by atoms with Gasteiger partial charge < -0.3 is 5.32 Å².